The zero-order chi connectivity index (χ0) is 52.0. The van der Waals surface area contributed by atoms with Gasteiger partial charge in [0.25, 0.3) is 0 Å². The van der Waals surface area contributed by atoms with Gasteiger partial charge in [0.05, 0.1) is 6.61 Å². The van der Waals surface area contributed by atoms with Crippen LogP contribution >= 0.6 is 0 Å². The minimum absolute atomic E-state index is 0.0160. The standard InChI is InChI=1S/C67H104O5/c1-4-7-10-13-16-19-22-25-28-31-34-36-39-42-45-48-51-54-57-60-66(68)71-64-65(63-70-62-59-56-53-50-47-44-41-38-33-30-27-24-21-18-15-12-9-6-3)72-67(69)61-58-55-52-49-46-43-40-37-35-32-29-26-23-20-17-14-11-8-5-2/h7-12,16-21,25-30,34-37,42-43,45-46,51,54,65H,4-6,13-15,22-24,31-33,38-41,44,47-50,52-53,55-64H2,1-3H3/b10-7-,11-8-,12-9-,19-16-,20-17-,21-18-,28-25-,29-26-,30-27-,36-34-,37-35-,45-42-,46-43-,54-51-. The molecule has 72 heavy (non-hydrogen) atoms. The molecular formula is C67H104O5. The quantitative estimate of drug-likeness (QED) is 0.0345. The van der Waals surface area contributed by atoms with E-state index < -0.39 is 6.10 Å². The van der Waals surface area contributed by atoms with Gasteiger partial charge in [-0.15, -0.1) is 0 Å². The van der Waals surface area contributed by atoms with E-state index in [9.17, 15) is 9.59 Å². The summed E-state index contributed by atoms with van der Waals surface area (Å²) < 4.78 is 17.4. The van der Waals surface area contributed by atoms with Gasteiger partial charge in [-0.1, -0.05) is 236 Å². The zero-order valence-corrected chi connectivity index (χ0v) is 46.1. The summed E-state index contributed by atoms with van der Waals surface area (Å²) in [5.74, 6) is -0.548. The number of unbranched alkanes of at least 4 members (excludes halogenated alkanes) is 11. The third-order valence-electron chi connectivity index (χ3n) is 11.2. The van der Waals surface area contributed by atoms with E-state index >= 15 is 0 Å². The number of hydrogen-bond acceptors (Lipinski definition) is 5. The van der Waals surface area contributed by atoms with Gasteiger partial charge in [-0.25, -0.2) is 0 Å². The zero-order valence-electron chi connectivity index (χ0n) is 46.1. The Kier molecular flexibility index (Phi) is 56.6. The number of esters is 2. The van der Waals surface area contributed by atoms with E-state index in [-0.39, 0.29) is 31.6 Å². The molecule has 0 fully saturated rings. The van der Waals surface area contributed by atoms with Crippen molar-refractivity contribution in [1.29, 1.82) is 0 Å². The Hall–Kier alpha value is -4.74. The molecule has 0 bridgehead atoms. The summed E-state index contributed by atoms with van der Waals surface area (Å²) in [6.07, 6.45) is 91.0. The fraction of sp³-hybridized carbons (Fsp3) is 0.552. The molecule has 1 atom stereocenters. The van der Waals surface area contributed by atoms with Crippen molar-refractivity contribution in [2.45, 2.75) is 219 Å². The first-order valence-corrected chi connectivity index (χ1v) is 28.7. The van der Waals surface area contributed by atoms with Gasteiger partial charge in [-0.3, -0.25) is 9.59 Å². The largest absolute Gasteiger partial charge is 0.462 e. The number of carbonyl (C=O) groups excluding carboxylic acids is 2. The van der Waals surface area contributed by atoms with Crippen LogP contribution in [-0.4, -0.2) is 37.9 Å². The number of allylic oxidation sites excluding steroid dienone is 28. The summed E-state index contributed by atoms with van der Waals surface area (Å²) in [7, 11) is 0. The molecule has 0 aliphatic heterocycles. The Morgan fingerprint density at radius 1 is 0.306 bits per heavy atom. The molecule has 5 heteroatoms. The molecule has 0 aromatic carbocycles. The topological polar surface area (TPSA) is 61.8 Å². The van der Waals surface area contributed by atoms with Crippen LogP contribution in [0.25, 0.3) is 0 Å². The van der Waals surface area contributed by atoms with E-state index in [4.69, 9.17) is 14.2 Å². The predicted molar refractivity (Wildman–Crippen MR) is 315 cm³/mol. The van der Waals surface area contributed by atoms with Gasteiger partial charge in [-0.05, 0) is 135 Å². The number of ether oxygens (including phenoxy) is 3. The highest BCUT2D eigenvalue weighted by molar-refractivity contribution is 5.70. The second-order valence-corrected chi connectivity index (χ2v) is 18.0. The van der Waals surface area contributed by atoms with Crippen LogP contribution in [0, 0.1) is 0 Å². The van der Waals surface area contributed by atoms with Crippen LogP contribution < -0.4 is 0 Å². The lowest BCUT2D eigenvalue weighted by Gasteiger charge is -2.18. The Morgan fingerprint density at radius 3 is 0.986 bits per heavy atom. The van der Waals surface area contributed by atoms with Gasteiger partial charge in [0.1, 0.15) is 6.61 Å². The fourth-order valence-corrected chi connectivity index (χ4v) is 7.11. The van der Waals surface area contributed by atoms with E-state index in [0.29, 0.717) is 19.4 Å². The van der Waals surface area contributed by atoms with E-state index in [1.165, 1.54) is 44.9 Å². The molecule has 0 spiro atoms. The molecule has 0 amide bonds. The van der Waals surface area contributed by atoms with Gasteiger partial charge in [0.15, 0.2) is 6.10 Å². The molecule has 0 aromatic heterocycles. The third kappa shape index (κ3) is 57.8. The van der Waals surface area contributed by atoms with Crippen LogP contribution in [0.3, 0.4) is 0 Å². The second-order valence-electron chi connectivity index (χ2n) is 18.0. The maximum absolute atomic E-state index is 12.9. The van der Waals surface area contributed by atoms with Crippen molar-refractivity contribution in [3.63, 3.8) is 0 Å². The molecule has 0 aliphatic carbocycles. The normalized spacial score (nSPS) is 13.5. The molecule has 0 heterocycles. The molecule has 0 N–H and O–H groups in total. The molecule has 0 saturated carbocycles. The SMILES string of the molecule is CC/C=C\C/C=C\C/C=C\C/C=C\C/C=C\C/C=C\CCC(=O)OCC(COCCCCCCCCCC/C=C\C/C=C\C/C=C\CC)OC(=O)CCCCC/C=C\C/C=C\C/C=C\C/C=C\C/C=C\CC. The van der Waals surface area contributed by atoms with E-state index in [1.54, 1.807) is 0 Å². The van der Waals surface area contributed by atoms with Crippen LogP contribution in [-0.2, 0) is 23.8 Å². The third-order valence-corrected chi connectivity index (χ3v) is 11.2. The fourth-order valence-electron chi connectivity index (χ4n) is 7.11. The maximum atomic E-state index is 12.9. The summed E-state index contributed by atoms with van der Waals surface area (Å²) >= 11 is 0. The average molecular weight is 990 g/mol. The molecular weight excluding hydrogens is 885 g/mol. The van der Waals surface area contributed by atoms with Gasteiger partial charge < -0.3 is 14.2 Å². The first kappa shape index (κ1) is 67.3. The number of carbonyl (C=O) groups is 2. The van der Waals surface area contributed by atoms with Gasteiger partial charge in [-0.2, -0.15) is 0 Å². The van der Waals surface area contributed by atoms with Gasteiger partial charge in [0.2, 0.25) is 0 Å². The van der Waals surface area contributed by atoms with Crippen molar-refractivity contribution in [3.8, 4) is 0 Å². The maximum Gasteiger partial charge on any atom is 0.306 e. The minimum atomic E-state index is -0.604. The minimum Gasteiger partial charge on any atom is -0.462 e. The number of rotatable bonds is 50. The van der Waals surface area contributed by atoms with E-state index in [2.05, 4.69) is 185 Å². The summed E-state index contributed by atoms with van der Waals surface area (Å²) in [4.78, 5) is 25.5. The van der Waals surface area contributed by atoms with Crippen LogP contribution in [0.1, 0.15) is 213 Å². The van der Waals surface area contributed by atoms with E-state index in [1.807, 2.05) is 6.08 Å². The molecule has 1 unspecified atom stereocenters. The van der Waals surface area contributed by atoms with Gasteiger partial charge >= 0.3 is 11.9 Å². The molecule has 5 nitrogen and oxygen atoms in total. The van der Waals surface area contributed by atoms with Crippen LogP contribution in [0.2, 0.25) is 0 Å². The highest BCUT2D eigenvalue weighted by Gasteiger charge is 2.17. The molecule has 0 rings (SSSR count). The highest BCUT2D eigenvalue weighted by Crippen LogP contribution is 2.12. The van der Waals surface area contributed by atoms with Crippen molar-refractivity contribution in [1.82, 2.24) is 0 Å². The molecule has 0 radical (unpaired) electrons. The highest BCUT2D eigenvalue weighted by atomic mass is 16.6. The Morgan fingerprint density at radius 2 is 0.611 bits per heavy atom. The lowest BCUT2D eigenvalue weighted by molar-refractivity contribution is -0.162. The van der Waals surface area contributed by atoms with Crippen molar-refractivity contribution in [3.05, 3.63) is 170 Å². The predicted octanol–water partition coefficient (Wildman–Crippen LogP) is 20.0. The summed E-state index contributed by atoms with van der Waals surface area (Å²) in [5, 5.41) is 0. The Bertz CT molecular complexity index is 1640. The Balaban J connectivity index is 4.52. The van der Waals surface area contributed by atoms with Crippen molar-refractivity contribution in [2.75, 3.05) is 19.8 Å². The average Bonchev–Trinajstić information content (AvgIpc) is 3.38. The molecule has 0 aliphatic rings. The summed E-state index contributed by atoms with van der Waals surface area (Å²) in [6, 6.07) is 0. The monoisotopic (exact) mass is 989 g/mol. The van der Waals surface area contributed by atoms with Crippen LogP contribution in [0.4, 0.5) is 0 Å². The molecule has 0 aromatic rings. The lowest BCUT2D eigenvalue weighted by Crippen LogP contribution is -2.30. The smallest absolute Gasteiger partial charge is 0.306 e. The van der Waals surface area contributed by atoms with Crippen LogP contribution in [0.15, 0.2) is 170 Å². The van der Waals surface area contributed by atoms with Crippen molar-refractivity contribution < 1.29 is 23.8 Å². The van der Waals surface area contributed by atoms with Crippen molar-refractivity contribution >= 4 is 11.9 Å². The number of hydrogen-bond donors (Lipinski definition) is 0. The summed E-state index contributed by atoms with van der Waals surface area (Å²) in [6.45, 7) is 7.34. The second kappa shape index (κ2) is 60.6. The van der Waals surface area contributed by atoms with Crippen LogP contribution in [0.5, 0.6) is 0 Å². The first-order valence-electron chi connectivity index (χ1n) is 28.7. The Labute approximate surface area is 443 Å². The molecule has 402 valence electrons. The summed E-state index contributed by atoms with van der Waals surface area (Å²) in [5.41, 5.74) is 0. The molecule has 0 saturated heterocycles. The lowest BCUT2D eigenvalue weighted by atomic mass is 10.1. The van der Waals surface area contributed by atoms with E-state index in [0.717, 1.165) is 128 Å². The first-order chi connectivity index (χ1) is 35.6. The van der Waals surface area contributed by atoms with Gasteiger partial charge in [0, 0.05) is 19.4 Å². The van der Waals surface area contributed by atoms with Crippen molar-refractivity contribution in [2.24, 2.45) is 0 Å².